The zero-order valence-corrected chi connectivity index (χ0v) is 13.1. The molecular weight excluding hydrogens is 276 g/mol. The Morgan fingerprint density at radius 2 is 1.91 bits per heavy atom. The van der Waals surface area contributed by atoms with Crippen molar-refractivity contribution >= 4 is 17.3 Å². The van der Waals surface area contributed by atoms with Gasteiger partial charge in [-0.15, -0.1) is 0 Å². The van der Waals surface area contributed by atoms with E-state index in [0.29, 0.717) is 5.69 Å². The summed E-state index contributed by atoms with van der Waals surface area (Å²) in [6, 6.07) is 8.08. The van der Waals surface area contributed by atoms with Crippen LogP contribution in [0.5, 0.6) is 0 Å². The summed E-state index contributed by atoms with van der Waals surface area (Å²) in [6.07, 6.45) is 5.69. The zero-order valence-electron chi connectivity index (χ0n) is 13.1. The lowest BCUT2D eigenvalue weighted by Crippen LogP contribution is -2.32. The number of piperidine rings is 1. The van der Waals surface area contributed by atoms with Gasteiger partial charge < -0.3 is 14.8 Å². The minimum absolute atomic E-state index is 0.139. The van der Waals surface area contributed by atoms with E-state index in [-0.39, 0.29) is 5.91 Å². The molecule has 5 heteroatoms. The van der Waals surface area contributed by atoms with E-state index in [2.05, 4.69) is 34.3 Å². The Morgan fingerprint density at radius 1 is 1.23 bits per heavy atom. The second-order valence-electron chi connectivity index (χ2n) is 6.06. The highest BCUT2D eigenvalue weighted by molar-refractivity contribution is 6.03. The standard InChI is InChI=1S/C17H22N4O/c1-13-7-9-21(10-8-13)15-5-3-14(4-6-15)19-17(22)16-11-18-12-20(16)2/h3-6,11-13H,7-10H2,1-2H3,(H,19,22). The largest absolute Gasteiger partial charge is 0.372 e. The molecule has 116 valence electrons. The summed E-state index contributed by atoms with van der Waals surface area (Å²) in [5.74, 6) is 0.688. The van der Waals surface area contributed by atoms with Crippen LogP contribution >= 0.6 is 0 Å². The fourth-order valence-electron chi connectivity index (χ4n) is 2.79. The summed E-state index contributed by atoms with van der Waals surface area (Å²) in [4.78, 5) is 18.5. The molecule has 1 aromatic heterocycles. The zero-order chi connectivity index (χ0) is 15.5. The van der Waals surface area contributed by atoms with Crippen molar-refractivity contribution in [3.8, 4) is 0 Å². The van der Waals surface area contributed by atoms with Crippen LogP contribution in [0.3, 0.4) is 0 Å². The number of nitrogens with one attached hydrogen (secondary N) is 1. The molecule has 0 spiro atoms. The van der Waals surface area contributed by atoms with Crippen LogP contribution in [0.2, 0.25) is 0 Å². The van der Waals surface area contributed by atoms with Crippen LogP contribution in [-0.2, 0) is 7.05 Å². The van der Waals surface area contributed by atoms with Crippen molar-refractivity contribution < 1.29 is 4.79 Å². The van der Waals surface area contributed by atoms with E-state index in [1.54, 1.807) is 17.1 Å². The molecule has 0 aliphatic carbocycles. The SMILES string of the molecule is CC1CCN(c2ccc(NC(=O)c3cncn3C)cc2)CC1. The molecule has 1 amide bonds. The summed E-state index contributed by atoms with van der Waals surface area (Å²) in [5, 5.41) is 2.90. The van der Waals surface area contributed by atoms with Gasteiger partial charge in [-0.2, -0.15) is 0 Å². The van der Waals surface area contributed by atoms with Crippen molar-refractivity contribution in [1.82, 2.24) is 9.55 Å². The van der Waals surface area contributed by atoms with Gasteiger partial charge in [-0.25, -0.2) is 4.98 Å². The summed E-state index contributed by atoms with van der Waals surface area (Å²) < 4.78 is 1.71. The van der Waals surface area contributed by atoms with Crippen molar-refractivity contribution in [2.45, 2.75) is 19.8 Å². The van der Waals surface area contributed by atoms with Crippen LogP contribution in [0.15, 0.2) is 36.8 Å². The van der Waals surface area contributed by atoms with Gasteiger partial charge in [0.15, 0.2) is 0 Å². The number of nitrogens with zero attached hydrogens (tertiary/aromatic N) is 3. The average molecular weight is 298 g/mol. The third-order valence-electron chi connectivity index (χ3n) is 4.32. The number of amides is 1. The second kappa shape index (κ2) is 6.22. The number of rotatable bonds is 3. The fourth-order valence-corrected chi connectivity index (χ4v) is 2.79. The van der Waals surface area contributed by atoms with Crippen molar-refractivity contribution in [3.05, 3.63) is 42.5 Å². The Morgan fingerprint density at radius 3 is 2.50 bits per heavy atom. The van der Waals surface area contributed by atoms with Gasteiger partial charge in [-0.1, -0.05) is 6.92 Å². The van der Waals surface area contributed by atoms with Gasteiger partial charge in [0.25, 0.3) is 5.91 Å². The number of imidazole rings is 1. The fraction of sp³-hybridized carbons (Fsp3) is 0.412. The summed E-state index contributed by atoms with van der Waals surface area (Å²) in [5.41, 5.74) is 2.58. The maximum Gasteiger partial charge on any atom is 0.273 e. The van der Waals surface area contributed by atoms with Crippen molar-refractivity contribution in [2.75, 3.05) is 23.3 Å². The molecule has 0 saturated carbocycles. The molecule has 0 atom stereocenters. The lowest BCUT2D eigenvalue weighted by molar-refractivity contribution is 0.101. The number of hydrogen-bond acceptors (Lipinski definition) is 3. The molecule has 1 saturated heterocycles. The van der Waals surface area contributed by atoms with E-state index < -0.39 is 0 Å². The molecule has 0 radical (unpaired) electrons. The molecule has 1 N–H and O–H groups in total. The number of carbonyl (C=O) groups excluding carboxylic acids is 1. The number of carbonyl (C=O) groups is 1. The topological polar surface area (TPSA) is 50.2 Å². The van der Waals surface area contributed by atoms with Gasteiger partial charge in [0.05, 0.1) is 12.5 Å². The van der Waals surface area contributed by atoms with Crippen LogP contribution in [-0.4, -0.2) is 28.5 Å². The number of anilines is 2. The maximum atomic E-state index is 12.1. The monoisotopic (exact) mass is 298 g/mol. The van der Waals surface area contributed by atoms with Crippen LogP contribution in [0.1, 0.15) is 30.3 Å². The van der Waals surface area contributed by atoms with Crippen LogP contribution < -0.4 is 10.2 Å². The first-order valence-electron chi connectivity index (χ1n) is 7.76. The molecule has 5 nitrogen and oxygen atoms in total. The third-order valence-corrected chi connectivity index (χ3v) is 4.32. The average Bonchev–Trinajstić information content (AvgIpc) is 2.95. The number of benzene rings is 1. The van der Waals surface area contributed by atoms with Gasteiger partial charge in [-0.05, 0) is 43.0 Å². The number of aromatic nitrogens is 2. The first-order valence-corrected chi connectivity index (χ1v) is 7.76. The van der Waals surface area contributed by atoms with Gasteiger partial charge in [0.2, 0.25) is 0 Å². The van der Waals surface area contributed by atoms with E-state index in [1.807, 2.05) is 19.2 Å². The smallest absolute Gasteiger partial charge is 0.273 e. The van der Waals surface area contributed by atoms with Gasteiger partial charge in [-0.3, -0.25) is 4.79 Å². The first kappa shape index (κ1) is 14.6. The molecule has 3 rings (SSSR count). The normalized spacial score (nSPS) is 15.8. The molecule has 2 aromatic rings. The lowest BCUT2D eigenvalue weighted by Gasteiger charge is -2.32. The summed E-state index contributed by atoms with van der Waals surface area (Å²) >= 11 is 0. The van der Waals surface area contributed by atoms with E-state index in [9.17, 15) is 4.79 Å². The highest BCUT2D eigenvalue weighted by Crippen LogP contribution is 2.24. The predicted octanol–water partition coefficient (Wildman–Crippen LogP) is 2.91. The van der Waals surface area contributed by atoms with Crippen molar-refractivity contribution in [1.29, 1.82) is 0 Å². The first-order chi connectivity index (χ1) is 10.6. The Kier molecular flexibility index (Phi) is 4.13. The van der Waals surface area contributed by atoms with E-state index in [4.69, 9.17) is 0 Å². The minimum atomic E-state index is -0.139. The van der Waals surface area contributed by atoms with Crippen LogP contribution in [0, 0.1) is 5.92 Å². The number of hydrogen-bond donors (Lipinski definition) is 1. The third kappa shape index (κ3) is 3.13. The second-order valence-corrected chi connectivity index (χ2v) is 6.06. The highest BCUT2D eigenvalue weighted by atomic mass is 16.1. The number of aryl methyl sites for hydroxylation is 1. The molecule has 1 aliphatic heterocycles. The quantitative estimate of drug-likeness (QED) is 0.948. The molecule has 22 heavy (non-hydrogen) atoms. The van der Waals surface area contributed by atoms with Gasteiger partial charge >= 0.3 is 0 Å². The minimum Gasteiger partial charge on any atom is -0.372 e. The molecule has 1 fully saturated rings. The van der Waals surface area contributed by atoms with Gasteiger partial charge in [0.1, 0.15) is 5.69 Å². The molecule has 1 aliphatic rings. The summed E-state index contributed by atoms with van der Waals surface area (Å²) in [6.45, 7) is 4.54. The molecular formula is C17H22N4O. The van der Waals surface area contributed by atoms with Crippen molar-refractivity contribution in [2.24, 2.45) is 13.0 Å². The van der Waals surface area contributed by atoms with Crippen molar-refractivity contribution in [3.63, 3.8) is 0 Å². The van der Waals surface area contributed by atoms with Crippen LogP contribution in [0.4, 0.5) is 11.4 Å². The molecule has 2 heterocycles. The van der Waals surface area contributed by atoms with Crippen LogP contribution in [0.25, 0.3) is 0 Å². The molecule has 0 bridgehead atoms. The highest BCUT2D eigenvalue weighted by Gasteiger charge is 2.16. The van der Waals surface area contributed by atoms with Gasteiger partial charge in [0, 0.05) is 31.5 Å². The Labute approximate surface area is 131 Å². The summed E-state index contributed by atoms with van der Waals surface area (Å²) in [7, 11) is 1.81. The van der Waals surface area contributed by atoms with E-state index in [1.165, 1.54) is 18.5 Å². The Balaban J connectivity index is 1.64. The predicted molar refractivity (Wildman–Crippen MR) is 88.2 cm³/mol. The maximum absolute atomic E-state index is 12.1. The lowest BCUT2D eigenvalue weighted by atomic mass is 9.99. The van der Waals surface area contributed by atoms with E-state index >= 15 is 0 Å². The van der Waals surface area contributed by atoms with E-state index in [0.717, 1.165) is 24.7 Å². The molecule has 1 aromatic carbocycles. The Hall–Kier alpha value is -2.30. The Bertz CT molecular complexity index is 639. The molecule has 0 unspecified atom stereocenters.